The van der Waals surface area contributed by atoms with Crippen LogP contribution in [0.3, 0.4) is 0 Å². The second-order valence-electron chi connectivity index (χ2n) is 4.21. The predicted octanol–water partition coefficient (Wildman–Crippen LogP) is 1.80. The highest BCUT2D eigenvalue weighted by atomic mass is 16.1. The maximum absolute atomic E-state index is 11.9. The van der Waals surface area contributed by atoms with Gasteiger partial charge in [-0.3, -0.25) is 4.79 Å². The number of nitrogens with one attached hydrogen (secondary N) is 1. The first-order valence-electron chi connectivity index (χ1n) is 6.12. The summed E-state index contributed by atoms with van der Waals surface area (Å²) in [5.74, 6) is 0.346. The van der Waals surface area contributed by atoms with Gasteiger partial charge in [0.2, 0.25) is 5.91 Å². The highest BCUT2D eigenvalue weighted by molar-refractivity contribution is 5.92. The van der Waals surface area contributed by atoms with Gasteiger partial charge in [0.25, 0.3) is 0 Å². The number of aryl methyl sites for hydroxylation is 1. The highest BCUT2D eigenvalue weighted by Crippen LogP contribution is 2.16. The Labute approximate surface area is 111 Å². The van der Waals surface area contributed by atoms with Crippen LogP contribution >= 0.6 is 0 Å². The first-order valence-corrected chi connectivity index (χ1v) is 6.12. The molecule has 0 fully saturated rings. The van der Waals surface area contributed by atoms with Crippen molar-refractivity contribution in [3.05, 3.63) is 47.9 Å². The van der Waals surface area contributed by atoms with Crippen LogP contribution in [-0.2, 0) is 17.6 Å². The molecule has 2 aromatic rings. The third-order valence-electron chi connectivity index (χ3n) is 2.82. The quantitative estimate of drug-likeness (QED) is 0.817. The van der Waals surface area contributed by atoms with Crippen molar-refractivity contribution in [1.82, 2.24) is 9.97 Å². The van der Waals surface area contributed by atoms with Gasteiger partial charge in [0.05, 0.1) is 6.42 Å². The topological polar surface area (TPSA) is 80.9 Å². The molecule has 1 aromatic carbocycles. The lowest BCUT2D eigenvalue weighted by Gasteiger charge is -2.08. The Kier molecular flexibility index (Phi) is 4.07. The number of carbonyl (C=O) groups is 1. The average molecular weight is 256 g/mol. The molecule has 5 nitrogen and oxygen atoms in total. The van der Waals surface area contributed by atoms with Crippen molar-refractivity contribution in [2.75, 3.05) is 11.1 Å². The van der Waals surface area contributed by atoms with Gasteiger partial charge in [-0.2, -0.15) is 0 Å². The Hall–Kier alpha value is -2.43. The van der Waals surface area contributed by atoms with Crippen LogP contribution in [0, 0.1) is 0 Å². The van der Waals surface area contributed by atoms with Crippen molar-refractivity contribution in [2.24, 2.45) is 0 Å². The fraction of sp³-hybridized carbons (Fsp3) is 0.214. The molecule has 98 valence electrons. The molecule has 0 unspecified atom stereocenters. The van der Waals surface area contributed by atoms with Crippen LogP contribution in [-0.4, -0.2) is 15.9 Å². The number of amides is 1. The van der Waals surface area contributed by atoms with Crippen molar-refractivity contribution < 1.29 is 4.79 Å². The van der Waals surface area contributed by atoms with Gasteiger partial charge >= 0.3 is 0 Å². The molecule has 0 radical (unpaired) electrons. The molecule has 0 bridgehead atoms. The number of carbonyl (C=O) groups excluding carboxylic acids is 1. The summed E-state index contributed by atoms with van der Waals surface area (Å²) >= 11 is 0. The van der Waals surface area contributed by atoms with Crippen LogP contribution in [0.2, 0.25) is 0 Å². The minimum absolute atomic E-state index is 0.144. The van der Waals surface area contributed by atoms with Crippen LogP contribution in [0.15, 0.2) is 36.8 Å². The van der Waals surface area contributed by atoms with E-state index in [0.717, 1.165) is 17.5 Å². The molecule has 0 atom stereocenters. The van der Waals surface area contributed by atoms with E-state index in [0.29, 0.717) is 11.5 Å². The lowest BCUT2D eigenvalue weighted by atomic mass is 10.0. The second-order valence-corrected chi connectivity index (χ2v) is 4.21. The van der Waals surface area contributed by atoms with E-state index in [2.05, 4.69) is 22.2 Å². The lowest BCUT2D eigenvalue weighted by molar-refractivity contribution is -0.115. The summed E-state index contributed by atoms with van der Waals surface area (Å²) in [5, 5.41) is 2.70. The maximum atomic E-state index is 11.9. The summed E-state index contributed by atoms with van der Waals surface area (Å²) in [6.07, 6.45) is 4.13. The van der Waals surface area contributed by atoms with Crippen LogP contribution in [0.4, 0.5) is 11.5 Å². The zero-order valence-electron chi connectivity index (χ0n) is 10.8. The van der Waals surface area contributed by atoms with E-state index >= 15 is 0 Å². The lowest BCUT2D eigenvalue weighted by Crippen LogP contribution is -2.16. The summed E-state index contributed by atoms with van der Waals surface area (Å²) in [4.78, 5) is 19.6. The number of nitrogens with zero attached hydrogens (tertiary/aromatic N) is 2. The molecule has 1 aromatic heterocycles. The first kappa shape index (κ1) is 13.0. The molecule has 0 spiro atoms. The van der Waals surface area contributed by atoms with Crippen LogP contribution in [0.1, 0.15) is 18.1 Å². The molecule has 19 heavy (non-hydrogen) atoms. The standard InChI is InChI=1S/C14H16N4O/c1-2-10-3-4-11(12(15)7-10)8-14(19)18-13-5-6-16-9-17-13/h3-7,9H,2,8,15H2,1H3,(H,16,17,18,19). The molecular weight excluding hydrogens is 240 g/mol. The summed E-state index contributed by atoms with van der Waals surface area (Å²) in [6, 6.07) is 7.44. The van der Waals surface area contributed by atoms with Gasteiger partial charge in [0.15, 0.2) is 0 Å². The van der Waals surface area contributed by atoms with E-state index in [-0.39, 0.29) is 12.3 Å². The molecule has 2 rings (SSSR count). The Morgan fingerprint density at radius 3 is 2.84 bits per heavy atom. The van der Waals surface area contributed by atoms with Crippen molar-refractivity contribution in [1.29, 1.82) is 0 Å². The summed E-state index contributed by atoms with van der Waals surface area (Å²) in [6.45, 7) is 2.07. The van der Waals surface area contributed by atoms with Crippen LogP contribution in [0.25, 0.3) is 0 Å². The van der Waals surface area contributed by atoms with Gasteiger partial charge in [-0.05, 0) is 29.7 Å². The Morgan fingerprint density at radius 1 is 1.37 bits per heavy atom. The predicted molar refractivity (Wildman–Crippen MR) is 74.6 cm³/mol. The Morgan fingerprint density at radius 2 is 2.21 bits per heavy atom. The van der Waals surface area contributed by atoms with E-state index in [1.54, 1.807) is 12.3 Å². The number of nitrogen functional groups attached to an aromatic ring is 1. The van der Waals surface area contributed by atoms with Crippen molar-refractivity contribution in [3.8, 4) is 0 Å². The SMILES string of the molecule is CCc1ccc(CC(=O)Nc2ccncn2)c(N)c1. The molecule has 0 aliphatic rings. The van der Waals surface area contributed by atoms with E-state index < -0.39 is 0 Å². The molecule has 0 aliphatic heterocycles. The molecule has 5 heteroatoms. The maximum Gasteiger partial charge on any atom is 0.230 e. The van der Waals surface area contributed by atoms with Gasteiger partial charge in [0, 0.05) is 11.9 Å². The minimum atomic E-state index is -0.144. The second kappa shape index (κ2) is 5.95. The van der Waals surface area contributed by atoms with E-state index in [4.69, 9.17) is 5.73 Å². The zero-order valence-corrected chi connectivity index (χ0v) is 10.8. The number of aromatic nitrogens is 2. The molecule has 3 N–H and O–H groups in total. The number of anilines is 2. The summed E-state index contributed by atoms with van der Waals surface area (Å²) < 4.78 is 0. The average Bonchev–Trinajstić information content (AvgIpc) is 2.42. The zero-order chi connectivity index (χ0) is 13.7. The minimum Gasteiger partial charge on any atom is -0.398 e. The van der Waals surface area contributed by atoms with Gasteiger partial charge in [-0.15, -0.1) is 0 Å². The molecular formula is C14H16N4O. The third kappa shape index (κ3) is 3.51. The van der Waals surface area contributed by atoms with Crippen molar-refractivity contribution in [2.45, 2.75) is 19.8 Å². The fourth-order valence-electron chi connectivity index (χ4n) is 1.75. The number of nitrogens with two attached hydrogens (primary N) is 1. The molecule has 1 heterocycles. The van der Waals surface area contributed by atoms with Gasteiger partial charge in [-0.1, -0.05) is 19.1 Å². The largest absolute Gasteiger partial charge is 0.398 e. The van der Waals surface area contributed by atoms with Crippen LogP contribution in [0.5, 0.6) is 0 Å². The first-order chi connectivity index (χ1) is 9.19. The van der Waals surface area contributed by atoms with Gasteiger partial charge in [-0.25, -0.2) is 9.97 Å². The van der Waals surface area contributed by atoms with Crippen molar-refractivity contribution >= 4 is 17.4 Å². The summed E-state index contributed by atoms with van der Waals surface area (Å²) in [5.41, 5.74) is 8.57. The van der Waals surface area contributed by atoms with E-state index in [9.17, 15) is 4.79 Å². The highest BCUT2D eigenvalue weighted by Gasteiger charge is 2.07. The van der Waals surface area contributed by atoms with E-state index in [1.807, 2.05) is 18.2 Å². The number of hydrogen-bond donors (Lipinski definition) is 2. The number of rotatable bonds is 4. The van der Waals surface area contributed by atoms with Crippen LogP contribution < -0.4 is 11.1 Å². The number of hydrogen-bond acceptors (Lipinski definition) is 4. The normalized spacial score (nSPS) is 10.2. The number of benzene rings is 1. The molecule has 1 amide bonds. The third-order valence-corrected chi connectivity index (χ3v) is 2.82. The van der Waals surface area contributed by atoms with Crippen molar-refractivity contribution in [3.63, 3.8) is 0 Å². The van der Waals surface area contributed by atoms with Gasteiger partial charge in [0.1, 0.15) is 12.1 Å². The fourth-order valence-corrected chi connectivity index (χ4v) is 1.75. The Balaban J connectivity index is 2.03. The van der Waals surface area contributed by atoms with Gasteiger partial charge < -0.3 is 11.1 Å². The molecule has 0 saturated heterocycles. The monoisotopic (exact) mass is 256 g/mol. The van der Waals surface area contributed by atoms with E-state index in [1.165, 1.54) is 6.33 Å². The Bertz CT molecular complexity index is 569. The molecule has 0 saturated carbocycles. The summed E-state index contributed by atoms with van der Waals surface area (Å²) in [7, 11) is 0. The molecule has 0 aliphatic carbocycles. The smallest absolute Gasteiger partial charge is 0.230 e.